The quantitative estimate of drug-likeness (QED) is 0.279. The normalized spacial score (nSPS) is 14.5. The van der Waals surface area contributed by atoms with Gasteiger partial charge in [0.05, 0.1) is 0 Å². The van der Waals surface area contributed by atoms with Gasteiger partial charge in [0.25, 0.3) is 0 Å². The highest BCUT2D eigenvalue weighted by molar-refractivity contribution is 5.80. The maximum atomic E-state index is 13.2. The maximum absolute atomic E-state index is 13.2. The third-order valence-corrected chi connectivity index (χ3v) is 6.03. The van der Waals surface area contributed by atoms with E-state index in [1.54, 1.807) is 12.1 Å². The minimum Gasteiger partial charge on any atom is -0.427 e. The Hall–Kier alpha value is -3.60. The Morgan fingerprint density at radius 1 is 0.879 bits per heavy atom. The third kappa shape index (κ3) is 6.01. The van der Waals surface area contributed by atoms with Crippen molar-refractivity contribution >= 4 is 23.3 Å². The molecular weight excluding hydrogens is 412 g/mol. The second-order valence-electron chi connectivity index (χ2n) is 8.49. The van der Waals surface area contributed by atoms with E-state index in [9.17, 15) is 9.59 Å². The van der Waals surface area contributed by atoms with Crippen molar-refractivity contribution in [2.24, 2.45) is 5.92 Å². The molecule has 0 heterocycles. The van der Waals surface area contributed by atoms with Crippen LogP contribution in [0.1, 0.15) is 38.2 Å². The number of ether oxygens (including phenoxy) is 1. The summed E-state index contributed by atoms with van der Waals surface area (Å²) in [6.45, 7) is 1.39. The number of carbonyl (C=O) groups excluding carboxylic acids is 2. The van der Waals surface area contributed by atoms with Gasteiger partial charge < -0.3 is 15.0 Å². The van der Waals surface area contributed by atoms with Crippen LogP contribution < -0.4 is 15.0 Å². The molecule has 5 heteroatoms. The predicted molar refractivity (Wildman–Crippen MR) is 130 cm³/mol. The fraction of sp³-hybridized carbons (Fsp3) is 0.286. The summed E-state index contributed by atoms with van der Waals surface area (Å²) in [5, 5.41) is 3.35. The monoisotopic (exact) mass is 442 g/mol. The van der Waals surface area contributed by atoms with Gasteiger partial charge in [-0.05, 0) is 54.8 Å². The zero-order valence-electron chi connectivity index (χ0n) is 18.9. The molecule has 3 aromatic rings. The first-order valence-electron chi connectivity index (χ1n) is 11.6. The van der Waals surface area contributed by atoms with Gasteiger partial charge in [-0.2, -0.15) is 0 Å². The van der Waals surface area contributed by atoms with E-state index < -0.39 is 0 Å². The van der Waals surface area contributed by atoms with E-state index in [0.29, 0.717) is 12.2 Å². The molecule has 5 nitrogen and oxygen atoms in total. The Labute approximate surface area is 195 Å². The maximum Gasteiger partial charge on any atom is 0.308 e. The number of para-hydroxylation sites is 2. The summed E-state index contributed by atoms with van der Waals surface area (Å²) in [5.41, 5.74) is 3.06. The number of amides is 1. The van der Waals surface area contributed by atoms with Gasteiger partial charge in [-0.1, -0.05) is 61.4 Å². The number of carbonyl (C=O) groups is 2. The van der Waals surface area contributed by atoms with Crippen LogP contribution in [0.25, 0.3) is 0 Å². The molecule has 0 spiro atoms. The second-order valence-corrected chi connectivity index (χ2v) is 8.49. The average Bonchev–Trinajstić information content (AvgIpc) is 3.37. The lowest BCUT2D eigenvalue weighted by Gasteiger charge is -2.35. The number of hydrogen-bond donors (Lipinski definition) is 1. The number of anilines is 2. The summed E-state index contributed by atoms with van der Waals surface area (Å²) >= 11 is 0. The number of nitrogens with zero attached hydrogens (tertiary/aromatic N) is 1. The van der Waals surface area contributed by atoms with Gasteiger partial charge in [0.2, 0.25) is 5.91 Å². The first kappa shape index (κ1) is 22.6. The molecule has 1 amide bonds. The van der Waals surface area contributed by atoms with E-state index in [1.807, 2.05) is 48.5 Å². The fourth-order valence-electron chi connectivity index (χ4n) is 4.45. The molecule has 0 saturated heterocycles. The highest BCUT2D eigenvalue weighted by atomic mass is 16.5. The van der Waals surface area contributed by atoms with Crippen LogP contribution >= 0.6 is 0 Å². The number of hydrogen-bond acceptors (Lipinski definition) is 4. The first-order valence-corrected chi connectivity index (χ1v) is 11.6. The zero-order valence-corrected chi connectivity index (χ0v) is 18.9. The van der Waals surface area contributed by atoms with Crippen LogP contribution in [0.2, 0.25) is 0 Å². The molecule has 33 heavy (non-hydrogen) atoms. The summed E-state index contributed by atoms with van der Waals surface area (Å²) in [4.78, 5) is 26.6. The van der Waals surface area contributed by atoms with Gasteiger partial charge in [-0.3, -0.25) is 9.59 Å². The lowest BCUT2D eigenvalue weighted by atomic mass is 10.0. The minimum absolute atomic E-state index is 0.0761. The van der Waals surface area contributed by atoms with E-state index in [0.717, 1.165) is 42.6 Å². The molecule has 0 aromatic heterocycles. The van der Waals surface area contributed by atoms with Gasteiger partial charge in [-0.25, -0.2) is 0 Å². The van der Waals surface area contributed by atoms with Crippen molar-refractivity contribution < 1.29 is 14.3 Å². The fourth-order valence-corrected chi connectivity index (χ4v) is 4.45. The van der Waals surface area contributed by atoms with Crippen molar-refractivity contribution in [3.05, 3.63) is 90.5 Å². The smallest absolute Gasteiger partial charge is 0.308 e. The van der Waals surface area contributed by atoms with E-state index in [1.165, 1.54) is 6.92 Å². The summed E-state index contributed by atoms with van der Waals surface area (Å²) in [6, 6.07) is 27.7. The molecule has 0 radical (unpaired) electrons. The number of benzene rings is 3. The number of esters is 1. The summed E-state index contributed by atoms with van der Waals surface area (Å²) in [7, 11) is 0. The lowest BCUT2D eigenvalue weighted by molar-refractivity contribution is -0.132. The number of nitrogens with one attached hydrogen (secondary N) is 1. The van der Waals surface area contributed by atoms with E-state index >= 15 is 0 Å². The summed E-state index contributed by atoms with van der Waals surface area (Å²) < 4.78 is 5.17. The Kier molecular flexibility index (Phi) is 7.40. The standard InChI is InChI=1S/C28H30N2O3/c1-21(31)33-26-18-16-22(17-19-26)20-27(29-28(32)23-10-8-9-11-23)30(24-12-4-2-5-13-24)25-14-6-3-7-15-25/h2-7,12-19,23,27H,8-11,20H2,1H3,(H,29,32). The van der Waals surface area contributed by atoms with Crippen LogP contribution in [0.5, 0.6) is 5.75 Å². The lowest BCUT2D eigenvalue weighted by Crippen LogP contribution is -2.49. The van der Waals surface area contributed by atoms with Crippen LogP contribution in [0.3, 0.4) is 0 Å². The second kappa shape index (κ2) is 10.8. The molecule has 4 rings (SSSR count). The largest absolute Gasteiger partial charge is 0.427 e. The van der Waals surface area contributed by atoms with Gasteiger partial charge in [0, 0.05) is 30.6 Å². The molecule has 3 aromatic carbocycles. The molecule has 0 aliphatic heterocycles. The Morgan fingerprint density at radius 3 is 1.94 bits per heavy atom. The molecular formula is C28H30N2O3. The van der Waals surface area contributed by atoms with Gasteiger partial charge in [-0.15, -0.1) is 0 Å². The average molecular weight is 443 g/mol. The predicted octanol–water partition coefficient (Wildman–Crippen LogP) is 5.63. The first-order chi connectivity index (χ1) is 16.1. The molecule has 1 N–H and O–H groups in total. The van der Waals surface area contributed by atoms with Crippen LogP contribution in [0, 0.1) is 5.92 Å². The molecule has 170 valence electrons. The third-order valence-electron chi connectivity index (χ3n) is 6.03. The van der Waals surface area contributed by atoms with Crippen molar-refractivity contribution in [2.75, 3.05) is 4.90 Å². The van der Waals surface area contributed by atoms with Crippen molar-refractivity contribution in [2.45, 2.75) is 45.2 Å². The topological polar surface area (TPSA) is 58.6 Å². The number of rotatable bonds is 8. The van der Waals surface area contributed by atoms with Crippen LogP contribution in [-0.4, -0.2) is 18.0 Å². The SMILES string of the molecule is CC(=O)Oc1ccc(CC(NC(=O)C2CCCC2)N(c2ccccc2)c2ccccc2)cc1. The molecule has 1 unspecified atom stereocenters. The van der Waals surface area contributed by atoms with Gasteiger partial charge >= 0.3 is 5.97 Å². The Bertz CT molecular complexity index is 1010. The molecule has 1 aliphatic rings. The summed E-state index contributed by atoms with van der Waals surface area (Å²) in [5.74, 6) is 0.364. The van der Waals surface area contributed by atoms with E-state index in [-0.39, 0.29) is 24.0 Å². The van der Waals surface area contributed by atoms with Crippen molar-refractivity contribution in [1.29, 1.82) is 0 Å². The Morgan fingerprint density at radius 2 is 1.42 bits per heavy atom. The Balaban J connectivity index is 1.66. The summed E-state index contributed by atoms with van der Waals surface area (Å²) in [6.07, 6.45) is 4.45. The van der Waals surface area contributed by atoms with Crippen molar-refractivity contribution in [3.8, 4) is 5.75 Å². The van der Waals surface area contributed by atoms with Crippen LogP contribution in [0.4, 0.5) is 11.4 Å². The van der Waals surface area contributed by atoms with Crippen LogP contribution in [0.15, 0.2) is 84.9 Å². The molecule has 1 fully saturated rings. The van der Waals surface area contributed by atoms with Gasteiger partial charge in [0.15, 0.2) is 0 Å². The highest BCUT2D eigenvalue weighted by Crippen LogP contribution is 2.30. The molecule has 0 bridgehead atoms. The molecule has 1 atom stereocenters. The van der Waals surface area contributed by atoms with E-state index in [4.69, 9.17) is 4.74 Å². The van der Waals surface area contributed by atoms with E-state index in [2.05, 4.69) is 34.5 Å². The highest BCUT2D eigenvalue weighted by Gasteiger charge is 2.28. The van der Waals surface area contributed by atoms with Gasteiger partial charge in [0.1, 0.15) is 11.9 Å². The van der Waals surface area contributed by atoms with Crippen molar-refractivity contribution in [1.82, 2.24) is 5.32 Å². The molecule has 1 saturated carbocycles. The minimum atomic E-state index is -0.344. The van der Waals surface area contributed by atoms with Crippen molar-refractivity contribution in [3.63, 3.8) is 0 Å². The zero-order chi connectivity index (χ0) is 23.0. The molecule has 1 aliphatic carbocycles. The van der Waals surface area contributed by atoms with Crippen LogP contribution in [-0.2, 0) is 16.0 Å².